The molecule has 0 radical (unpaired) electrons. The fourth-order valence-corrected chi connectivity index (χ4v) is 4.07. The van der Waals surface area contributed by atoms with Crippen LogP contribution in [0.4, 0.5) is 0 Å². The zero-order valence-electron chi connectivity index (χ0n) is 13.0. The van der Waals surface area contributed by atoms with Crippen LogP contribution in [0.2, 0.25) is 0 Å². The Hall–Kier alpha value is -0.340. The van der Waals surface area contributed by atoms with E-state index in [9.17, 15) is 0 Å². The Kier molecular flexibility index (Phi) is 6.10. The van der Waals surface area contributed by atoms with Gasteiger partial charge in [0.2, 0.25) is 0 Å². The van der Waals surface area contributed by atoms with Gasteiger partial charge in [0.25, 0.3) is 0 Å². The van der Waals surface area contributed by atoms with Gasteiger partial charge in [0.1, 0.15) is 0 Å². The van der Waals surface area contributed by atoms with Crippen molar-refractivity contribution in [3.63, 3.8) is 0 Å². The van der Waals surface area contributed by atoms with Gasteiger partial charge in [-0.15, -0.1) is 0 Å². The van der Waals surface area contributed by atoms with E-state index in [0.717, 1.165) is 24.2 Å². The minimum absolute atomic E-state index is 0.613. The summed E-state index contributed by atoms with van der Waals surface area (Å²) in [6.45, 7) is 4.75. The highest BCUT2D eigenvalue weighted by Gasteiger charge is 2.28. The molecule has 0 saturated heterocycles. The van der Waals surface area contributed by atoms with E-state index in [-0.39, 0.29) is 0 Å². The molecule has 1 saturated carbocycles. The summed E-state index contributed by atoms with van der Waals surface area (Å²) in [4.78, 5) is 0. The maximum atomic E-state index is 3.68. The normalized spacial score (nSPS) is 24.9. The first-order valence-corrected chi connectivity index (χ1v) is 8.81. The smallest absolute Gasteiger partial charge is 0.0207 e. The van der Waals surface area contributed by atoms with E-state index in [1.807, 2.05) is 0 Å². The first-order valence-electron chi connectivity index (χ1n) is 8.02. The summed E-state index contributed by atoms with van der Waals surface area (Å²) in [5.74, 6) is 2.64. The highest BCUT2D eigenvalue weighted by molar-refractivity contribution is 9.10. The van der Waals surface area contributed by atoms with E-state index < -0.39 is 0 Å². The van der Waals surface area contributed by atoms with Crippen molar-refractivity contribution in [1.29, 1.82) is 0 Å². The highest BCUT2D eigenvalue weighted by Crippen LogP contribution is 2.35. The largest absolute Gasteiger partial charge is 0.316 e. The molecule has 1 aliphatic rings. The minimum Gasteiger partial charge on any atom is -0.316 e. The molecule has 1 atom stereocenters. The molecule has 0 heterocycles. The Morgan fingerprint density at radius 3 is 2.25 bits per heavy atom. The molecule has 0 amide bonds. The molecular weight excluding hydrogens is 310 g/mol. The Balaban J connectivity index is 1.95. The molecule has 1 aromatic rings. The van der Waals surface area contributed by atoms with Crippen LogP contribution < -0.4 is 5.32 Å². The first kappa shape index (κ1) is 16.0. The van der Waals surface area contributed by atoms with Crippen LogP contribution in [0.3, 0.4) is 0 Å². The lowest BCUT2D eigenvalue weighted by molar-refractivity contribution is 0.191. The number of benzene rings is 1. The molecule has 1 N–H and O–H groups in total. The Morgan fingerprint density at radius 1 is 1.10 bits per heavy atom. The quantitative estimate of drug-likeness (QED) is 0.793. The predicted octanol–water partition coefficient (Wildman–Crippen LogP) is 5.04. The number of hydrogen-bond donors (Lipinski definition) is 1. The fourth-order valence-electron chi connectivity index (χ4n) is 3.62. The van der Waals surface area contributed by atoms with Gasteiger partial charge in [-0.2, -0.15) is 0 Å². The molecule has 1 fully saturated rings. The Morgan fingerprint density at radius 2 is 1.70 bits per heavy atom. The van der Waals surface area contributed by atoms with Gasteiger partial charge in [-0.05, 0) is 68.5 Å². The topological polar surface area (TPSA) is 12.0 Å². The maximum absolute atomic E-state index is 3.68. The van der Waals surface area contributed by atoms with Crippen LogP contribution >= 0.6 is 15.9 Å². The Labute approximate surface area is 132 Å². The summed E-state index contributed by atoms with van der Waals surface area (Å²) in [7, 11) is 2.12. The standard InChI is InChI=1S/C18H28BrN/c1-13(2)14-8-10-15(11-9-14)18(20-3)12-16-6-4-5-7-17(16)19/h4-7,13-15,18,20H,8-12H2,1-3H3. The lowest BCUT2D eigenvalue weighted by Gasteiger charge is -2.35. The molecule has 1 unspecified atom stereocenters. The number of hydrogen-bond acceptors (Lipinski definition) is 1. The zero-order valence-corrected chi connectivity index (χ0v) is 14.6. The third kappa shape index (κ3) is 4.08. The van der Waals surface area contributed by atoms with Gasteiger partial charge in [0, 0.05) is 10.5 Å². The van der Waals surface area contributed by atoms with Crippen molar-refractivity contribution >= 4 is 15.9 Å². The predicted molar refractivity (Wildman–Crippen MR) is 91.0 cm³/mol. The van der Waals surface area contributed by atoms with Crippen LogP contribution in [0.15, 0.2) is 28.7 Å². The van der Waals surface area contributed by atoms with Crippen LogP contribution in [0.1, 0.15) is 45.1 Å². The second-order valence-electron chi connectivity index (χ2n) is 6.61. The van der Waals surface area contributed by atoms with E-state index in [4.69, 9.17) is 0 Å². The number of rotatable bonds is 5. The van der Waals surface area contributed by atoms with Crippen molar-refractivity contribution in [3.8, 4) is 0 Å². The van der Waals surface area contributed by atoms with Gasteiger partial charge in [0.05, 0.1) is 0 Å². The molecule has 2 heteroatoms. The van der Waals surface area contributed by atoms with Crippen molar-refractivity contribution in [2.45, 2.75) is 52.0 Å². The molecule has 2 rings (SSSR count). The summed E-state index contributed by atoms with van der Waals surface area (Å²) < 4.78 is 1.25. The van der Waals surface area contributed by atoms with Gasteiger partial charge >= 0.3 is 0 Å². The zero-order chi connectivity index (χ0) is 14.5. The maximum Gasteiger partial charge on any atom is 0.0207 e. The van der Waals surface area contributed by atoms with Crippen molar-refractivity contribution in [2.75, 3.05) is 7.05 Å². The first-order chi connectivity index (χ1) is 9.61. The molecule has 0 aliphatic heterocycles. The van der Waals surface area contributed by atoms with Crippen LogP contribution in [0, 0.1) is 17.8 Å². The molecule has 112 valence electrons. The summed E-state index contributed by atoms with van der Waals surface area (Å²) in [5, 5.41) is 3.57. The van der Waals surface area contributed by atoms with E-state index in [1.165, 1.54) is 35.7 Å². The molecule has 20 heavy (non-hydrogen) atoms. The second kappa shape index (κ2) is 7.61. The molecule has 1 aliphatic carbocycles. The molecule has 1 nitrogen and oxygen atoms in total. The lowest BCUT2D eigenvalue weighted by atomic mass is 9.73. The van der Waals surface area contributed by atoms with Gasteiger partial charge in [-0.1, -0.05) is 48.0 Å². The third-order valence-corrected chi connectivity index (χ3v) is 5.87. The van der Waals surface area contributed by atoms with Crippen LogP contribution in [-0.4, -0.2) is 13.1 Å². The SMILES string of the molecule is CNC(Cc1ccccc1Br)C1CCC(C(C)C)CC1. The van der Waals surface area contributed by atoms with Crippen molar-refractivity contribution in [2.24, 2.45) is 17.8 Å². The monoisotopic (exact) mass is 337 g/mol. The summed E-state index contributed by atoms with van der Waals surface area (Å²) >= 11 is 3.68. The average Bonchev–Trinajstić information content (AvgIpc) is 2.46. The molecule has 0 bridgehead atoms. The van der Waals surface area contributed by atoms with E-state index in [0.29, 0.717) is 6.04 Å². The molecular formula is C18H28BrN. The van der Waals surface area contributed by atoms with Crippen molar-refractivity contribution in [1.82, 2.24) is 5.32 Å². The van der Waals surface area contributed by atoms with Crippen molar-refractivity contribution in [3.05, 3.63) is 34.3 Å². The van der Waals surface area contributed by atoms with Gasteiger partial charge in [0.15, 0.2) is 0 Å². The molecule has 1 aromatic carbocycles. The average molecular weight is 338 g/mol. The van der Waals surface area contributed by atoms with Gasteiger partial charge in [-0.25, -0.2) is 0 Å². The van der Waals surface area contributed by atoms with Crippen LogP contribution in [-0.2, 0) is 6.42 Å². The summed E-state index contributed by atoms with van der Waals surface area (Å²) in [5.41, 5.74) is 1.43. The third-order valence-electron chi connectivity index (χ3n) is 5.10. The fraction of sp³-hybridized carbons (Fsp3) is 0.667. The summed E-state index contributed by atoms with van der Waals surface area (Å²) in [6.07, 6.45) is 6.74. The van der Waals surface area contributed by atoms with Crippen LogP contribution in [0.5, 0.6) is 0 Å². The highest BCUT2D eigenvalue weighted by atomic mass is 79.9. The van der Waals surface area contributed by atoms with E-state index >= 15 is 0 Å². The van der Waals surface area contributed by atoms with Crippen LogP contribution in [0.25, 0.3) is 0 Å². The number of halogens is 1. The molecule has 0 spiro atoms. The number of nitrogens with one attached hydrogen (secondary N) is 1. The second-order valence-corrected chi connectivity index (χ2v) is 7.46. The Bertz CT molecular complexity index is 408. The van der Waals surface area contributed by atoms with Crippen molar-refractivity contribution < 1.29 is 0 Å². The summed E-state index contributed by atoms with van der Waals surface area (Å²) in [6, 6.07) is 9.24. The minimum atomic E-state index is 0.613. The van der Waals surface area contributed by atoms with E-state index in [1.54, 1.807) is 0 Å². The lowest BCUT2D eigenvalue weighted by Crippen LogP contribution is -2.38. The molecule has 0 aromatic heterocycles. The number of likely N-dealkylation sites (N-methyl/N-ethyl adjacent to an activating group) is 1. The van der Waals surface area contributed by atoms with Gasteiger partial charge in [-0.3, -0.25) is 0 Å². The van der Waals surface area contributed by atoms with E-state index in [2.05, 4.69) is 66.4 Å². The van der Waals surface area contributed by atoms with Gasteiger partial charge < -0.3 is 5.32 Å².